The van der Waals surface area contributed by atoms with Gasteiger partial charge in [-0.1, -0.05) is 12.1 Å². The SMILES string of the molecule is CN(CC1CCC(C)(C)O1)c1ccc(CN)cc1. The standard InChI is InChI=1S/C15H24N2O/c1-15(2)9-8-14(18-15)11-17(3)13-6-4-12(10-16)5-7-13/h4-7,14H,8-11,16H2,1-3H3. The second kappa shape index (κ2) is 5.29. The molecule has 2 rings (SSSR count). The molecule has 3 heteroatoms. The van der Waals surface area contributed by atoms with E-state index in [-0.39, 0.29) is 5.60 Å². The highest BCUT2D eigenvalue weighted by atomic mass is 16.5. The summed E-state index contributed by atoms with van der Waals surface area (Å²) >= 11 is 0. The van der Waals surface area contributed by atoms with Crippen LogP contribution in [0, 0.1) is 0 Å². The molecule has 1 saturated heterocycles. The second-order valence-electron chi connectivity index (χ2n) is 5.79. The molecule has 100 valence electrons. The molecular weight excluding hydrogens is 224 g/mol. The summed E-state index contributed by atoms with van der Waals surface area (Å²) in [4.78, 5) is 2.26. The third-order valence-corrected chi connectivity index (χ3v) is 3.64. The van der Waals surface area contributed by atoms with Crippen LogP contribution in [0.2, 0.25) is 0 Å². The highest BCUT2D eigenvalue weighted by molar-refractivity contribution is 5.47. The van der Waals surface area contributed by atoms with Gasteiger partial charge in [-0.15, -0.1) is 0 Å². The first kappa shape index (κ1) is 13.4. The van der Waals surface area contributed by atoms with E-state index in [1.165, 1.54) is 11.3 Å². The molecule has 0 aromatic heterocycles. The monoisotopic (exact) mass is 248 g/mol. The number of benzene rings is 1. The normalized spacial score (nSPS) is 22.1. The molecule has 1 aliphatic rings. The van der Waals surface area contributed by atoms with Crippen molar-refractivity contribution in [1.82, 2.24) is 0 Å². The average Bonchev–Trinajstić information content (AvgIpc) is 2.68. The van der Waals surface area contributed by atoms with E-state index in [0.717, 1.165) is 19.4 Å². The molecule has 0 saturated carbocycles. The fourth-order valence-corrected chi connectivity index (χ4v) is 2.50. The van der Waals surface area contributed by atoms with Crippen LogP contribution < -0.4 is 10.6 Å². The predicted octanol–water partition coefficient (Wildman–Crippen LogP) is 2.54. The Balaban J connectivity index is 1.93. The minimum Gasteiger partial charge on any atom is -0.372 e. The zero-order valence-electron chi connectivity index (χ0n) is 11.6. The van der Waals surface area contributed by atoms with Crippen molar-refractivity contribution >= 4 is 5.69 Å². The van der Waals surface area contributed by atoms with Crippen LogP contribution >= 0.6 is 0 Å². The summed E-state index contributed by atoms with van der Waals surface area (Å²) in [6.45, 7) is 5.89. The van der Waals surface area contributed by atoms with Crippen LogP contribution in [0.25, 0.3) is 0 Å². The van der Waals surface area contributed by atoms with E-state index >= 15 is 0 Å². The molecular formula is C15H24N2O. The fourth-order valence-electron chi connectivity index (χ4n) is 2.50. The summed E-state index contributed by atoms with van der Waals surface area (Å²) in [6.07, 6.45) is 2.65. The minimum atomic E-state index is 0.0505. The quantitative estimate of drug-likeness (QED) is 0.890. The fraction of sp³-hybridized carbons (Fsp3) is 0.600. The summed E-state index contributed by atoms with van der Waals surface area (Å²) < 4.78 is 6.02. The molecule has 18 heavy (non-hydrogen) atoms. The highest BCUT2D eigenvalue weighted by Gasteiger charge is 2.32. The van der Waals surface area contributed by atoms with Crippen LogP contribution in [-0.4, -0.2) is 25.3 Å². The molecule has 0 bridgehead atoms. The number of anilines is 1. The zero-order chi connectivity index (χ0) is 13.2. The van der Waals surface area contributed by atoms with Gasteiger partial charge in [0.15, 0.2) is 0 Å². The van der Waals surface area contributed by atoms with Gasteiger partial charge in [-0.05, 0) is 44.4 Å². The van der Waals surface area contributed by atoms with Gasteiger partial charge in [0.05, 0.1) is 11.7 Å². The molecule has 1 aromatic rings. The maximum atomic E-state index is 6.02. The Morgan fingerprint density at radius 3 is 2.50 bits per heavy atom. The summed E-state index contributed by atoms with van der Waals surface area (Å²) in [5.41, 5.74) is 8.05. The van der Waals surface area contributed by atoms with E-state index in [1.54, 1.807) is 0 Å². The molecule has 0 radical (unpaired) electrons. The first-order chi connectivity index (χ1) is 8.50. The number of nitrogens with two attached hydrogens (primary N) is 1. The number of nitrogens with zero attached hydrogens (tertiary/aromatic N) is 1. The van der Waals surface area contributed by atoms with Crippen molar-refractivity contribution in [3.8, 4) is 0 Å². The van der Waals surface area contributed by atoms with E-state index in [2.05, 4.69) is 50.1 Å². The lowest BCUT2D eigenvalue weighted by atomic mass is 10.1. The van der Waals surface area contributed by atoms with Crippen molar-refractivity contribution in [3.63, 3.8) is 0 Å². The van der Waals surface area contributed by atoms with Crippen molar-refractivity contribution < 1.29 is 4.74 Å². The van der Waals surface area contributed by atoms with Crippen LogP contribution in [0.3, 0.4) is 0 Å². The van der Waals surface area contributed by atoms with Crippen LogP contribution in [-0.2, 0) is 11.3 Å². The van der Waals surface area contributed by atoms with E-state index < -0.39 is 0 Å². The summed E-state index contributed by atoms with van der Waals surface area (Å²) in [5.74, 6) is 0. The summed E-state index contributed by atoms with van der Waals surface area (Å²) in [6, 6.07) is 8.43. The van der Waals surface area contributed by atoms with Crippen LogP contribution in [0.15, 0.2) is 24.3 Å². The second-order valence-corrected chi connectivity index (χ2v) is 5.79. The van der Waals surface area contributed by atoms with Crippen molar-refractivity contribution in [2.24, 2.45) is 5.73 Å². The Labute approximate surface area is 110 Å². The predicted molar refractivity (Wildman–Crippen MR) is 75.8 cm³/mol. The van der Waals surface area contributed by atoms with Gasteiger partial charge in [0.2, 0.25) is 0 Å². The van der Waals surface area contributed by atoms with Gasteiger partial charge in [-0.3, -0.25) is 0 Å². The van der Waals surface area contributed by atoms with Gasteiger partial charge in [0.25, 0.3) is 0 Å². The molecule has 1 atom stereocenters. The van der Waals surface area contributed by atoms with Crippen molar-refractivity contribution in [3.05, 3.63) is 29.8 Å². The lowest BCUT2D eigenvalue weighted by molar-refractivity contribution is -0.0111. The molecule has 1 fully saturated rings. The number of hydrogen-bond donors (Lipinski definition) is 1. The molecule has 0 spiro atoms. The Kier molecular flexibility index (Phi) is 3.93. The van der Waals surface area contributed by atoms with E-state index in [1.807, 2.05) is 0 Å². The molecule has 1 heterocycles. The number of hydrogen-bond acceptors (Lipinski definition) is 3. The summed E-state index contributed by atoms with van der Waals surface area (Å²) in [5, 5.41) is 0. The van der Waals surface area contributed by atoms with Gasteiger partial charge in [-0.25, -0.2) is 0 Å². The molecule has 1 unspecified atom stereocenters. The zero-order valence-corrected chi connectivity index (χ0v) is 11.6. The molecule has 0 amide bonds. The Hall–Kier alpha value is -1.06. The topological polar surface area (TPSA) is 38.5 Å². The Bertz CT molecular complexity index is 386. The molecule has 0 aliphatic carbocycles. The minimum absolute atomic E-state index is 0.0505. The van der Waals surface area contributed by atoms with Crippen molar-refractivity contribution in [1.29, 1.82) is 0 Å². The maximum absolute atomic E-state index is 6.02. The number of rotatable bonds is 4. The van der Waals surface area contributed by atoms with Crippen LogP contribution in [0.4, 0.5) is 5.69 Å². The maximum Gasteiger partial charge on any atom is 0.0758 e. The number of likely N-dealkylation sites (N-methyl/N-ethyl adjacent to an activating group) is 1. The van der Waals surface area contributed by atoms with Gasteiger partial charge in [-0.2, -0.15) is 0 Å². The lowest BCUT2D eigenvalue weighted by Crippen LogP contribution is -2.31. The van der Waals surface area contributed by atoms with Crippen LogP contribution in [0.1, 0.15) is 32.3 Å². The van der Waals surface area contributed by atoms with Crippen molar-refractivity contribution in [2.75, 3.05) is 18.5 Å². The third kappa shape index (κ3) is 3.24. The van der Waals surface area contributed by atoms with Crippen molar-refractivity contribution in [2.45, 2.75) is 44.9 Å². The molecule has 3 nitrogen and oxygen atoms in total. The van der Waals surface area contributed by atoms with Gasteiger partial charge in [0.1, 0.15) is 0 Å². The van der Waals surface area contributed by atoms with E-state index in [4.69, 9.17) is 10.5 Å². The summed E-state index contributed by atoms with van der Waals surface area (Å²) in [7, 11) is 2.12. The first-order valence-corrected chi connectivity index (χ1v) is 6.68. The average molecular weight is 248 g/mol. The van der Waals surface area contributed by atoms with E-state index in [0.29, 0.717) is 12.6 Å². The lowest BCUT2D eigenvalue weighted by Gasteiger charge is -2.25. The van der Waals surface area contributed by atoms with Crippen LogP contribution in [0.5, 0.6) is 0 Å². The largest absolute Gasteiger partial charge is 0.372 e. The smallest absolute Gasteiger partial charge is 0.0758 e. The molecule has 1 aromatic carbocycles. The molecule has 2 N–H and O–H groups in total. The van der Waals surface area contributed by atoms with Gasteiger partial charge < -0.3 is 15.4 Å². The molecule has 1 aliphatic heterocycles. The Morgan fingerprint density at radius 2 is 2.00 bits per heavy atom. The third-order valence-electron chi connectivity index (χ3n) is 3.64. The highest BCUT2D eigenvalue weighted by Crippen LogP contribution is 2.30. The number of ether oxygens (including phenoxy) is 1. The Morgan fingerprint density at radius 1 is 1.33 bits per heavy atom. The van der Waals surface area contributed by atoms with E-state index in [9.17, 15) is 0 Å². The first-order valence-electron chi connectivity index (χ1n) is 6.68. The van der Waals surface area contributed by atoms with Gasteiger partial charge in [0, 0.05) is 25.8 Å². The van der Waals surface area contributed by atoms with Gasteiger partial charge >= 0.3 is 0 Å².